The minimum Gasteiger partial charge on any atom is -0.368 e. The van der Waals surface area contributed by atoms with E-state index in [0.29, 0.717) is 5.56 Å². The van der Waals surface area contributed by atoms with Crippen LogP contribution < -0.4 is 10.6 Å². The van der Waals surface area contributed by atoms with Crippen LogP contribution in [-0.2, 0) is 4.79 Å². The molecule has 0 heterocycles. The molecule has 0 unspecified atom stereocenters. The highest BCUT2D eigenvalue weighted by Gasteiger charge is 2.10. The zero-order valence-corrected chi connectivity index (χ0v) is 10.1. The number of benzene rings is 2. The van der Waals surface area contributed by atoms with Crippen molar-refractivity contribution in [2.24, 2.45) is 5.73 Å². The molecular formula is C14H13N3O. The molecule has 0 aliphatic carbocycles. The van der Waals surface area contributed by atoms with E-state index in [-0.39, 0.29) is 12.5 Å². The lowest BCUT2D eigenvalue weighted by Gasteiger charge is -2.19. The molecule has 18 heavy (non-hydrogen) atoms. The van der Waals surface area contributed by atoms with Crippen molar-refractivity contribution in [2.45, 2.75) is 0 Å². The highest BCUT2D eigenvalue weighted by atomic mass is 16.1. The lowest BCUT2D eigenvalue weighted by molar-refractivity contribution is -0.116. The Morgan fingerprint density at radius 3 is 2.56 bits per heavy atom. The van der Waals surface area contributed by atoms with Crippen molar-refractivity contribution in [3.63, 3.8) is 0 Å². The minimum absolute atomic E-state index is 0.149. The first kappa shape index (κ1) is 11.9. The van der Waals surface area contributed by atoms with Gasteiger partial charge in [0.25, 0.3) is 0 Å². The molecule has 4 nitrogen and oxygen atoms in total. The van der Waals surface area contributed by atoms with Gasteiger partial charge in [-0.05, 0) is 12.1 Å². The lowest BCUT2D eigenvalue weighted by atomic mass is 10.0. The van der Waals surface area contributed by atoms with Gasteiger partial charge in [0.2, 0.25) is 5.91 Å². The maximum Gasteiger partial charge on any atom is 0.236 e. The summed E-state index contributed by atoms with van der Waals surface area (Å²) in [6, 6.07) is 13.4. The van der Waals surface area contributed by atoms with Gasteiger partial charge in [-0.15, -0.1) is 0 Å². The number of carbonyl (C=O) groups excluding carboxylic acids is 1. The number of rotatable bonds is 3. The Morgan fingerprint density at radius 2 is 1.94 bits per heavy atom. The number of anilines is 1. The molecule has 4 heteroatoms. The van der Waals surface area contributed by atoms with Gasteiger partial charge in [0.15, 0.2) is 0 Å². The van der Waals surface area contributed by atoms with Gasteiger partial charge in [0, 0.05) is 23.5 Å². The van der Waals surface area contributed by atoms with Crippen molar-refractivity contribution in [1.29, 1.82) is 5.26 Å². The van der Waals surface area contributed by atoms with E-state index in [4.69, 9.17) is 11.0 Å². The van der Waals surface area contributed by atoms with Crippen LogP contribution in [0.4, 0.5) is 5.69 Å². The minimum atomic E-state index is -0.383. The second kappa shape index (κ2) is 4.76. The summed E-state index contributed by atoms with van der Waals surface area (Å²) in [7, 11) is 1.80. The Hall–Kier alpha value is -2.54. The zero-order valence-electron chi connectivity index (χ0n) is 10.1. The van der Waals surface area contributed by atoms with Crippen LogP contribution in [0, 0.1) is 11.3 Å². The SMILES string of the molecule is CN(CC(N)=O)c1ccc(C#N)c2ccccc12. The van der Waals surface area contributed by atoms with Crippen LogP contribution in [0.1, 0.15) is 5.56 Å². The van der Waals surface area contributed by atoms with Gasteiger partial charge >= 0.3 is 0 Å². The number of carbonyl (C=O) groups is 1. The van der Waals surface area contributed by atoms with Crippen LogP contribution in [0.2, 0.25) is 0 Å². The Morgan fingerprint density at radius 1 is 1.28 bits per heavy atom. The number of hydrogen-bond acceptors (Lipinski definition) is 3. The molecule has 2 aromatic carbocycles. The summed E-state index contributed by atoms with van der Waals surface area (Å²) in [5, 5.41) is 10.9. The third-order valence-electron chi connectivity index (χ3n) is 2.83. The molecule has 0 fully saturated rings. The molecule has 0 radical (unpaired) electrons. The highest BCUT2D eigenvalue weighted by Crippen LogP contribution is 2.28. The van der Waals surface area contributed by atoms with Gasteiger partial charge in [0.1, 0.15) is 0 Å². The molecule has 2 N–H and O–H groups in total. The van der Waals surface area contributed by atoms with E-state index in [1.165, 1.54) is 0 Å². The van der Waals surface area contributed by atoms with E-state index in [2.05, 4.69) is 6.07 Å². The van der Waals surface area contributed by atoms with E-state index >= 15 is 0 Å². The molecule has 0 bridgehead atoms. The second-order valence-corrected chi connectivity index (χ2v) is 4.11. The first-order valence-electron chi connectivity index (χ1n) is 5.55. The van der Waals surface area contributed by atoms with Crippen LogP contribution in [0.5, 0.6) is 0 Å². The van der Waals surface area contributed by atoms with E-state index in [9.17, 15) is 4.79 Å². The Bertz CT molecular complexity index is 643. The maximum atomic E-state index is 11.0. The molecule has 0 aromatic heterocycles. The van der Waals surface area contributed by atoms with Crippen LogP contribution in [-0.4, -0.2) is 19.5 Å². The molecule has 0 aliphatic heterocycles. The van der Waals surface area contributed by atoms with E-state index < -0.39 is 0 Å². The largest absolute Gasteiger partial charge is 0.368 e. The summed E-state index contributed by atoms with van der Waals surface area (Å²) in [6.07, 6.45) is 0. The van der Waals surface area contributed by atoms with Gasteiger partial charge in [-0.1, -0.05) is 24.3 Å². The fraction of sp³-hybridized carbons (Fsp3) is 0.143. The number of primary amides is 1. The van der Waals surface area contributed by atoms with Crippen molar-refractivity contribution in [2.75, 3.05) is 18.5 Å². The van der Waals surface area contributed by atoms with Gasteiger partial charge in [0.05, 0.1) is 18.2 Å². The molecule has 0 aliphatic rings. The number of hydrogen-bond donors (Lipinski definition) is 1. The van der Waals surface area contributed by atoms with Crippen LogP contribution in [0.15, 0.2) is 36.4 Å². The molecule has 90 valence electrons. The molecule has 0 saturated heterocycles. The third kappa shape index (κ3) is 2.11. The van der Waals surface area contributed by atoms with Crippen LogP contribution >= 0.6 is 0 Å². The number of nitrogens with two attached hydrogens (primary N) is 1. The maximum absolute atomic E-state index is 11.0. The number of fused-ring (bicyclic) bond motifs is 1. The van der Waals surface area contributed by atoms with Crippen LogP contribution in [0.3, 0.4) is 0 Å². The number of amides is 1. The molecule has 2 aromatic rings. The van der Waals surface area contributed by atoms with E-state index in [1.807, 2.05) is 30.3 Å². The van der Waals surface area contributed by atoms with Crippen molar-refractivity contribution in [3.05, 3.63) is 42.0 Å². The summed E-state index contributed by atoms with van der Waals surface area (Å²) in [4.78, 5) is 12.8. The second-order valence-electron chi connectivity index (χ2n) is 4.11. The average Bonchev–Trinajstić information content (AvgIpc) is 2.36. The molecule has 0 spiro atoms. The quantitative estimate of drug-likeness (QED) is 0.885. The van der Waals surface area contributed by atoms with Crippen molar-refractivity contribution in [3.8, 4) is 6.07 Å². The summed E-state index contributed by atoms with van der Waals surface area (Å²) in [5.74, 6) is -0.383. The normalized spacial score (nSPS) is 10.0. The predicted octanol–water partition coefficient (Wildman–Crippen LogP) is 1.63. The third-order valence-corrected chi connectivity index (χ3v) is 2.83. The highest BCUT2D eigenvalue weighted by molar-refractivity contribution is 5.98. The zero-order chi connectivity index (χ0) is 13.1. The van der Waals surface area contributed by atoms with Gasteiger partial charge in [-0.2, -0.15) is 5.26 Å². The smallest absolute Gasteiger partial charge is 0.236 e. The monoisotopic (exact) mass is 239 g/mol. The molecule has 0 saturated carbocycles. The predicted molar refractivity (Wildman–Crippen MR) is 71.1 cm³/mol. The Balaban J connectivity index is 2.60. The molecular weight excluding hydrogens is 226 g/mol. The van der Waals surface area contributed by atoms with Crippen molar-refractivity contribution in [1.82, 2.24) is 0 Å². The van der Waals surface area contributed by atoms with E-state index in [1.54, 1.807) is 18.0 Å². The standard InChI is InChI=1S/C14H13N3O/c1-17(9-14(16)18)13-7-6-10(8-15)11-4-2-3-5-12(11)13/h2-7H,9H2,1H3,(H2,16,18). The summed E-state index contributed by atoms with van der Waals surface area (Å²) in [6.45, 7) is 0.149. The molecule has 0 atom stereocenters. The Labute approximate surface area is 105 Å². The summed E-state index contributed by atoms with van der Waals surface area (Å²) >= 11 is 0. The van der Waals surface area contributed by atoms with Gasteiger partial charge in [-0.25, -0.2) is 0 Å². The number of nitrogens with zero attached hydrogens (tertiary/aromatic N) is 2. The molecule has 1 amide bonds. The van der Waals surface area contributed by atoms with Crippen LogP contribution in [0.25, 0.3) is 10.8 Å². The van der Waals surface area contributed by atoms with Gasteiger partial charge < -0.3 is 10.6 Å². The summed E-state index contributed by atoms with van der Waals surface area (Å²) in [5.41, 5.74) is 6.72. The fourth-order valence-electron chi connectivity index (χ4n) is 2.03. The summed E-state index contributed by atoms with van der Waals surface area (Å²) < 4.78 is 0. The van der Waals surface area contributed by atoms with Crippen molar-refractivity contribution >= 4 is 22.4 Å². The topological polar surface area (TPSA) is 70.1 Å². The van der Waals surface area contributed by atoms with E-state index in [0.717, 1.165) is 16.5 Å². The fourth-order valence-corrected chi connectivity index (χ4v) is 2.03. The lowest BCUT2D eigenvalue weighted by Crippen LogP contribution is -2.30. The van der Waals surface area contributed by atoms with Gasteiger partial charge in [-0.3, -0.25) is 4.79 Å². The van der Waals surface area contributed by atoms with Crippen molar-refractivity contribution < 1.29 is 4.79 Å². The molecule has 2 rings (SSSR count). The average molecular weight is 239 g/mol. The first-order chi connectivity index (χ1) is 8.63. The number of likely N-dealkylation sites (N-methyl/N-ethyl adjacent to an activating group) is 1. The number of nitriles is 1. The first-order valence-corrected chi connectivity index (χ1v) is 5.55. The Kier molecular flexibility index (Phi) is 3.16.